The Morgan fingerprint density at radius 1 is 1.50 bits per heavy atom. The summed E-state index contributed by atoms with van der Waals surface area (Å²) in [4.78, 5) is 19.6. The number of carboxylic acids is 1. The summed E-state index contributed by atoms with van der Waals surface area (Å²) in [6.07, 6.45) is 1.61. The number of hydrogen-bond acceptors (Lipinski definition) is 5. The third kappa shape index (κ3) is 1.93. The van der Waals surface area contributed by atoms with Crippen LogP contribution in [0, 0.1) is 0 Å². The lowest BCUT2D eigenvalue weighted by Crippen LogP contribution is -2.01. The van der Waals surface area contributed by atoms with Crippen LogP contribution in [-0.4, -0.2) is 21.0 Å². The van der Waals surface area contributed by atoms with Crippen molar-refractivity contribution < 1.29 is 9.90 Å². The molecular formula is C10H9N3O2S. The van der Waals surface area contributed by atoms with E-state index >= 15 is 0 Å². The minimum atomic E-state index is -1.06. The molecule has 0 fully saturated rings. The predicted octanol–water partition coefficient (Wildman–Crippen LogP) is 1.36. The van der Waals surface area contributed by atoms with Crippen LogP contribution in [0.15, 0.2) is 24.4 Å². The molecule has 16 heavy (non-hydrogen) atoms. The monoisotopic (exact) mass is 235 g/mol. The van der Waals surface area contributed by atoms with Crippen LogP contribution in [0.5, 0.6) is 0 Å². The molecule has 2 rings (SSSR count). The lowest BCUT2D eigenvalue weighted by Gasteiger charge is -1.96. The number of hydrogen-bond donors (Lipinski definition) is 2. The van der Waals surface area contributed by atoms with Crippen LogP contribution >= 0.6 is 11.3 Å². The number of carbonyl (C=O) groups is 1. The fourth-order valence-electron chi connectivity index (χ4n) is 1.27. The van der Waals surface area contributed by atoms with Gasteiger partial charge < -0.3 is 10.8 Å². The summed E-state index contributed by atoms with van der Waals surface area (Å²) >= 11 is 1.26. The molecule has 0 aromatic carbocycles. The molecule has 2 aromatic heterocycles. The molecule has 0 saturated heterocycles. The van der Waals surface area contributed by atoms with Gasteiger partial charge in [-0.3, -0.25) is 4.98 Å². The molecule has 0 bridgehead atoms. The molecule has 0 amide bonds. The first kappa shape index (κ1) is 10.7. The van der Waals surface area contributed by atoms with E-state index in [9.17, 15) is 4.79 Å². The lowest BCUT2D eigenvalue weighted by atomic mass is 10.2. The Balaban J connectivity index is 2.55. The molecule has 0 atom stereocenters. The van der Waals surface area contributed by atoms with E-state index in [0.717, 1.165) is 0 Å². The van der Waals surface area contributed by atoms with E-state index < -0.39 is 5.97 Å². The van der Waals surface area contributed by atoms with Crippen LogP contribution < -0.4 is 5.73 Å². The summed E-state index contributed by atoms with van der Waals surface area (Å²) in [7, 11) is 0. The minimum Gasteiger partial charge on any atom is -0.476 e. The van der Waals surface area contributed by atoms with Crippen LogP contribution in [0.4, 0.5) is 0 Å². The first-order chi connectivity index (χ1) is 7.72. The zero-order valence-corrected chi connectivity index (χ0v) is 9.07. The number of nitrogens with zero attached hydrogens (tertiary/aromatic N) is 2. The Bertz CT molecular complexity index is 510. The molecule has 5 nitrogen and oxygen atoms in total. The highest BCUT2D eigenvalue weighted by Crippen LogP contribution is 2.28. The molecule has 0 saturated carbocycles. The SMILES string of the molecule is NCc1nc(C(=O)O)c(-c2ccccn2)s1. The third-order valence-electron chi connectivity index (χ3n) is 1.95. The molecule has 0 aliphatic rings. The van der Waals surface area contributed by atoms with Gasteiger partial charge >= 0.3 is 5.97 Å². The second-order valence-electron chi connectivity index (χ2n) is 3.01. The highest BCUT2D eigenvalue weighted by atomic mass is 32.1. The predicted molar refractivity (Wildman–Crippen MR) is 60.2 cm³/mol. The number of thiazole rings is 1. The van der Waals surface area contributed by atoms with Crippen molar-refractivity contribution in [2.45, 2.75) is 6.54 Å². The maximum absolute atomic E-state index is 11.0. The maximum Gasteiger partial charge on any atom is 0.356 e. The smallest absolute Gasteiger partial charge is 0.356 e. The zero-order chi connectivity index (χ0) is 11.5. The fraction of sp³-hybridized carbons (Fsp3) is 0.100. The van der Waals surface area contributed by atoms with Gasteiger partial charge in [-0.15, -0.1) is 11.3 Å². The van der Waals surface area contributed by atoms with Crippen molar-refractivity contribution in [2.24, 2.45) is 5.73 Å². The van der Waals surface area contributed by atoms with Crippen LogP contribution in [0.2, 0.25) is 0 Å². The summed E-state index contributed by atoms with van der Waals surface area (Å²) in [5, 5.41) is 9.61. The van der Waals surface area contributed by atoms with E-state index in [-0.39, 0.29) is 12.2 Å². The van der Waals surface area contributed by atoms with Crippen LogP contribution in [0.25, 0.3) is 10.6 Å². The molecule has 3 N–H and O–H groups in total. The number of pyridine rings is 1. The van der Waals surface area contributed by atoms with Gasteiger partial charge in [-0.2, -0.15) is 0 Å². The Kier molecular flexibility index (Phi) is 2.93. The fourth-order valence-corrected chi connectivity index (χ4v) is 2.18. The molecule has 2 aromatic rings. The Morgan fingerprint density at radius 3 is 2.88 bits per heavy atom. The van der Waals surface area contributed by atoms with Gasteiger partial charge in [0, 0.05) is 12.7 Å². The molecular weight excluding hydrogens is 226 g/mol. The second kappa shape index (κ2) is 4.38. The Labute approximate surface area is 95.6 Å². The van der Waals surface area contributed by atoms with Crippen molar-refractivity contribution >= 4 is 17.3 Å². The van der Waals surface area contributed by atoms with Gasteiger partial charge in [0.2, 0.25) is 0 Å². The van der Waals surface area contributed by atoms with Gasteiger partial charge in [0.05, 0.1) is 10.6 Å². The summed E-state index contributed by atoms with van der Waals surface area (Å²) < 4.78 is 0. The Morgan fingerprint density at radius 2 is 2.31 bits per heavy atom. The van der Waals surface area contributed by atoms with Gasteiger partial charge in [-0.05, 0) is 12.1 Å². The average Bonchev–Trinajstić information content (AvgIpc) is 2.74. The number of aromatic nitrogens is 2. The first-order valence-electron chi connectivity index (χ1n) is 4.57. The normalized spacial score (nSPS) is 10.3. The zero-order valence-electron chi connectivity index (χ0n) is 8.25. The highest BCUT2D eigenvalue weighted by Gasteiger charge is 2.18. The van der Waals surface area contributed by atoms with Crippen molar-refractivity contribution in [2.75, 3.05) is 0 Å². The standard InChI is InChI=1S/C10H9N3O2S/c11-5-7-13-8(10(14)15)9(16-7)6-3-1-2-4-12-6/h1-4H,5,11H2,(H,14,15). The molecule has 82 valence electrons. The van der Waals surface area contributed by atoms with Gasteiger partial charge in [-0.25, -0.2) is 9.78 Å². The molecule has 0 radical (unpaired) electrons. The molecule has 0 aliphatic carbocycles. The summed E-state index contributed by atoms with van der Waals surface area (Å²) in [6, 6.07) is 5.32. The first-order valence-corrected chi connectivity index (χ1v) is 5.38. The quantitative estimate of drug-likeness (QED) is 0.838. The van der Waals surface area contributed by atoms with E-state index in [1.807, 2.05) is 0 Å². The summed E-state index contributed by atoms with van der Waals surface area (Å²) in [5.74, 6) is -1.06. The van der Waals surface area contributed by atoms with Crippen molar-refractivity contribution in [3.63, 3.8) is 0 Å². The van der Waals surface area contributed by atoms with Crippen LogP contribution in [0.1, 0.15) is 15.5 Å². The Hall–Kier alpha value is -1.79. The van der Waals surface area contributed by atoms with Gasteiger partial charge in [-0.1, -0.05) is 6.07 Å². The number of rotatable bonds is 3. The summed E-state index contributed by atoms with van der Waals surface area (Å²) in [5.41, 5.74) is 6.07. The molecule has 2 heterocycles. The van der Waals surface area contributed by atoms with Gasteiger partial charge in [0.15, 0.2) is 5.69 Å². The minimum absolute atomic E-state index is 0.0177. The molecule has 6 heteroatoms. The number of carboxylic acid groups (broad SMARTS) is 1. The average molecular weight is 235 g/mol. The highest BCUT2D eigenvalue weighted by molar-refractivity contribution is 7.15. The number of nitrogens with two attached hydrogens (primary N) is 1. The van der Waals surface area contributed by atoms with E-state index in [0.29, 0.717) is 15.6 Å². The van der Waals surface area contributed by atoms with E-state index in [2.05, 4.69) is 9.97 Å². The largest absolute Gasteiger partial charge is 0.476 e. The van der Waals surface area contributed by atoms with E-state index in [1.54, 1.807) is 24.4 Å². The van der Waals surface area contributed by atoms with Crippen LogP contribution in [-0.2, 0) is 6.54 Å². The number of aromatic carboxylic acids is 1. The lowest BCUT2D eigenvalue weighted by molar-refractivity contribution is 0.0692. The van der Waals surface area contributed by atoms with Gasteiger partial charge in [0.1, 0.15) is 5.01 Å². The van der Waals surface area contributed by atoms with E-state index in [1.165, 1.54) is 11.3 Å². The topological polar surface area (TPSA) is 89.1 Å². The maximum atomic E-state index is 11.0. The molecule has 0 aliphatic heterocycles. The van der Waals surface area contributed by atoms with Crippen molar-refractivity contribution in [3.8, 4) is 10.6 Å². The molecule has 0 unspecified atom stereocenters. The van der Waals surface area contributed by atoms with Crippen molar-refractivity contribution in [3.05, 3.63) is 35.1 Å². The van der Waals surface area contributed by atoms with Crippen molar-refractivity contribution in [1.29, 1.82) is 0 Å². The van der Waals surface area contributed by atoms with E-state index in [4.69, 9.17) is 10.8 Å². The van der Waals surface area contributed by atoms with Crippen molar-refractivity contribution in [1.82, 2.24) is 9.97 Å². The summed E-state index contributed by atoms with van der Waals surface area (Å²) in [6.45, 7) is 0.234. The third-order valence-corrected chi connectivity index (χ3v) is 3.05. The van der Waals surface area contributed by atoms with Gasteiger partial charge in [0.25, 0.3) is 0 Å². The van der Waals surface area contributed by atoms with Crippen LogP contribution in [0.3, 0.4) is 0 Å². The molecule has 0 spiro atoms. The second-order valence-corrected chi connectivity index (χ2v) is 4.09.